The van der Waals surface area contributed by atoms with Gasteiger partial charge < -0.3 is 4.74 Å². The Kier molecular flexibility index (Phi) is 5.29. The Balaban J connectivity index is 2.80. The van der Waals surface area contributed by atoms with Crippen molar-refractivity contribution < 1.29 is 4.74 Å². The Morgan fingerprint density at radius 2 is 2.19 bits per heavy atom. The van der Waals surface area contributed by atoms with Crippen LogP contribution in [-0.2, 0) is 0 Å². The van der Waals surface area contributed by atoms with Crippen LogP contribution in [0.5, 0.6) is 5.75 Å². The van der Waals surface area contributed by atoms with Crippen molar-refractivity contribution in [1.82, 2.24) is 5.43 Å². The number of nitrogens with two attached hydrogens (primary N) is 1. The lowest BCUT2D eigenvalue weighted by Gasteiger charge is -2.17. The van der Waals surface area contributed by atoms with Gasteiger partial charge in [-0.15, -0.1) is 0 Å². The van der Waals surface area contributed by atoms with E-state index in [-0.39, 0.29) is 6.04 Å². The summed E-state index contributed by atoms with van der Waals surface area (Å²) < 4.78 is 5.24. The van der Waals surface area contributed by atoms with Crippen molar-refractivity contribution in [3.8, 4) is 5.75 Å². The standard InChI is InChI=1S/C13H22N2O/c1-4-5-6-12(15-14)11-7-8-13(16-3)10(2)9-11/h7-9,12,15H,4-6,14H2,1-3H3. The second-order valence-corrected chi connectivity index (χ2v) is 4.09. The van der Waals surface area contributed by atoms with E-state index in [1.165, 1.54) is 18.4 Å². The maximum atomic E-state index is 5.58. The summed E-state index contributed by atoms with van der Waals surface area (Å²) in [7, 11) is 1.69. The number of rotatable bonds is 6. The predicted molar refractivity (Wildman–Crippen MR) is 67.3 cm³/mol. The molecule has 1 aromatic rings. The molecule has 1 aromatic carbocycles. The maximum absolute atomic E-state index is 5.58. The van der Waals surface area contributed by atoms with Crippen LogP contribution in [0.15, 0.2) is 18.2 Å². The first-order chi connectivity index (χ1) is 7.72. The topological polar surface area (TPSA) is 47.3 Å². The summed E-state index contributed by atoms with van der Waals surface area (Å²) in [6.07, 6.45) is 3.44. The van der Waals surface area contributed by atoms with Gasteiger partial charge in [-0.2, -0.15) is 0 Å². The molecule has 0 saturated heterocycles. The summed E-state index contributed by atoms with van der Waals surface area (Å²) in [4.78, 5) is 0. The average Bonchev–Trinajstić information content (AvgIpc) is 2.30. The first kappa shape index (κ1) is 13.0. The fourth-order valence-corrected chi connectivity index (χ4v) is 1.87. The minimum atomic E-state index is 0.240. The normalized spacial score (nSPS) is 12.5. The Hall–Kier alpha value is -1.06. The summed E-state index contributed by atoms with van der Waals surface area (Å²) in [5, 5.41) is 0. The van der Waals surface area contributed by atoms with Crippen LogP contribution in [0.4, 0.5) is 0 Å². The minimum Gasteiger partial charge on any atom is -0.496 e. The van der Waals surface area contributed by atoms with Crippen molar-refractivity contribution in [1.29, 1.82) is 0 Å². The lowest BCUT2D eigenvalue weighted by atomic mass is 10.00. The molecule has 0 amide bonds. The molecule has 1 unspecified atom stereocenters. The van der Waals surface area contributed by atoms with E-state index in [1.54, 1.807) is 7.11 Å². The number of ether oxygens (including phenoxy) is 1. The summed E-state index contributed by atoms with van der Waals surface area (Å²) in [5.74, 6) is 6.51. The van der Waals surface area contributed by atoms with E-state index in [0.717, 1.165) is 17.7 Å². The predicted octanol–water partition coefficient (Wildman–Crippen LogP) is 2.70. The van der Waals surface area contributed by atoms with Crippen molar-refractivity contribution >= 4 is 0 Å². The van der Waals surface area contributed by atoms with Gasteiger partial charge in [-0.25, -0.2) is 0 Å². The third-order valence-corrected chi connectivity index (χ3v) is 2.87. The molecule has 3 nitrogen and oxygen atoms in total. The number of hydrogen-bond acceptors (Lipinski definition) is 3. The van der Waals surface area contributed by atoms with Gasteiger partial charge in [0.15, 0.2) is 0 Å². The molecule has 0 aromatic heterocycles. The second-order valence-electron chi connectivity index (χ2n) is 4.09. The second kappa shape index (κ2) is 6.51. The quantitative estimate of drug-likeness (QED) is 0.574. The van der Waals surface area contributed by atoms with Crippen molar-refractivity contribution in [2.75, 3.05) is 7.11 Å². The van der Waals surface area contributed by atoms with Crippen molar-refractivity contribution in [2.45, 2.75) is 39.2 Å². The highest BCUT2D eigenvalue weighted by Gasteiger charge is 2.10. The van der Waals surface area contributed by atoms with Crippen LogP contribution in [0, 0.1) is 6.92 Å². The zero-order valence-electron chi connectivity index (χ0n) is 10.4. The summed E-state index contributed by atoms with van der Waals surface area (Å²) in [5.41, 5.74) is 5.26. The minimum absolute atomic E-state index is 0.240. The molecular weight excluding hydrogens is 200 g/mol. The molecule has 1 rings (SSSR count). The Morgan fingerprint density at radius 3 is 2.69 bits per heavy atom. The van der Waals surface area contributed by atoms with Crippen molar-refractivity contribution in [3.63, 3.8) is 0 Å². The van der Waals surface area contributed by atoms with Gasteiger partial charge in [0.05, 0.1) is 7.11 Å². The molecule has 0 aliphatic carbocycles. The lowest BCUT2D eigenvalue weighted by Crippen LogP contribution is -2.28. The average molecular weight is 222 g/mol. The number of benzene rings is 1. The lowest BCUT2D eigenvalue weighted by molar-refractivity contribution is 0.410. The Morgan fingerprint density at radius 1 is 1.44 bits per heavy atom. The monoisotopic (exact) mass is 222 g/mol. The molecule has 0 saturated carbocycles. The number of methoxy groups -OCH3 is 1. The molecule has 0 radical (unpaired) electrons. The van der Waals surface area contributed by atoms with Crippen molar-refractivity contribution in [3.05, 3.63) is 29.3 Å². The zero-order chi connectivity index (χ0) is 12.0. The van der Waals surface area contributed by atoms with Gasteiger partial charge in [0, 0.05) is 6.04 Å². The van der Waals surface area contributed by atoms with E-state index >= 15 is 0 Å². The molecule has 3 heteroatoms. The van der Waals surface area contributed by atoms with Gasteiger partial charge >= 0.3 is 0 Å². The van der Waals surface area contributed by atoms with E-state index in [0.29, 0.717) is 0 Å². The highest BCUT2D eigenvalue weighted by Crippen LogP contribution is 2.24. The maximum Gasteiger partial charge on any atom is 0.121 e. The number of nitrogens with one attached hydrogen (secondary N) is 1. The van der Waals surface area contributed by atoms with Crippen LogP contribution in [-0.4, -0.2) is 7.11 Å². The molecule has 0 bridgehead atoms. The third kappa shape index (κ3) is 3.22. The van der Waals surface area contributed by atoms with E-state index in [9.17, 15) is 0 Å². The number of hydrogen-bond donors (Lipinski definition) is 2. The van der Waals surface area contributed by atoms with Gasteiger partial charge in [-0.3, -0.25) is 11.3 Å². The van der Waals surface area contributed by atoms with E-state index in [2.05, 4.69) is 31.4 Å². The highest BCUT2D eigenvalue weighted by molar-refractivity contribution is 5.37. The van der Waals surface area contributed by atoms with Crippen molar-refractivity contribution in [2.24, 2.45) is 5.84 Å². The third-order valence-electron chi connectivity index (χ3n) is 2.87. The molecule has 0 fully saturated rings. The van der Waals surface area contributed by atoms with Gasteiger partial charge in [-0.1, -0.05) is 31.9 Å². The van der Waals surface area contributed by atoms with Gasteiger partial charge in [-0.05, 0) is 30.5 Å². The zero-order valence-corrected chi connectivity index (χ0v) is 10.4. The Bertz CT molecular complexity index is 326. The fraction of sp³-hybridized carbons (Fsp3) is 0.538. The SMILES string of the molecule is CCCCC(NN)c1ccc(OC)c(C)c1. The Labute approximate surface area is 98.0 Å². The molecule has 0 heterocycles. The molecule has 90 valence electrons. The molecular formula is C13H22N2O. The molecule has 1 atom stereocenters. The smallest absolute Gasteiger partial charge is 0.121 e. The molecule has 0 aliphatic heterocycles. The number of aryl methyl sites for hydroxylation is 1. The number of unbranched alkanes of at least 4 members (excludes halogenated alkanes) is 1. The van der Waals surface area contributed by atoms with Crippen LogP contribution in [0.25, 0.3) is 0 Å². The molecule has 0 spiro atoms. The van der Waals surface area contributed by atoms with Crippen LogP contribution >= 0.6 is 0 Å². The van der Waals surface area contributed by atoms with Crippen LogP contribution in [0.3, 0.4) is 0 Å². The van der Waals surface area contributed by atoms with Gasteiger partial charge in [0.2, 0.25) is 0 Å². The first-order valence-electron chi connectivity index (χ1n) is 5.83. The van der Waals surface area contributed by atoms with Gasteiger partial charge in [0.25, 0.3) is 0 Å². The van der Waals surface area contributed by atoms with Crippen LogP contribution in [0.2, 0.25) is 0 Å². The highest BCUT2D eigenvalue weighted by atomic mass is 16.5. The number of hydrazine groups is 1. The summed E-state index contributed by atoms with van der Waals surface area (Å²) >= 11 is 0. The van der Waals surface area contributed by atoms with Crippen LogP contribution < -0.4 is 16.0 Å². The summed E-state index contributed by atoms with van der Waals surface area (Å²) in [6.45, 7) is 4.24. The first-order valence-corrected chi connectivity index (χ1v) is 5.83. The van der Waals surface area contributed by atoms with Crippen LogP contribution in [0.1, 0.15) is 43.4 Å². The van der Waals surface area contributed by atoms with Gasteiger partial charge in [0.1, 0.15) is 5.75 Å². The van der Waals surface area contributed by atoms with E-state index < -0.39 is 0 Å². The largest absolute Gasteiger partial charge is 0.496 e. The summed E-state index contributed by atoms with van der Waals surface area (Å²) in [6, 6.07) is 6.45. The fourth-order valence-electron chi connectivity index (χ4n) is 1.87. The molecule has 0 aliphatic rings. The van der Waals surface area contributed by atoms with E-state index in [1.807, 2.05) is 6.07 Å². The van der Waals surface area contributed by atoms with E-state index in [4.69, 9.17) is 10.6 Å². The molecule has 3 N–H and O–H groups in total. The molecule has 16 heavy (non-hydrogen) atoms.